The molecule has 1 atom stereocenters. The molecule has 6 nitrogen and oxygen atoms in total. The molecule has 0 aromatic heterocycles. The van der Waals surface area contributed by atoms with E-state index in [1.54, 1.807) is 25.1 Å². The van der Waals surface area contributed by atoms with Crippen LogP contribution in [0.5, 0.6) is 5.75 Å². The number of fused-ring (bicyclic) bond motifs is 1. The molecule has 0 bridgehead atoms. The number of benzene rings is 2. The van der Waals surface area contributed by atoms with Crippen molar-refractivity contribution < 1.29 is 17.9 Å². The van der Waals surface area contributed by atoms with Gasteiger partial charge in [0, 0.05) is 6.04 Å². The largest absolute Gasteiger partial charge is 0.484 e. The monoisotopic (exact) mass is 456 g/mol. The maximum Gasteiger partial charge on any atom is 0.258 e. The SMILES string of the molecule is Cc1cc(S(=O)(=O)NC2CCCCC2)ccc1OCC(=O)N[C@H]1CCCc2ccccc21. The maximum absolute atomic E-state index is 12.7. The van der Waals surface area contributed by atoms with Gasteiger partial charge in [0.1, 0.15) is 5.75 Å². The molecule has 0 saturated heterocycles. The first-order chi connectivity index (χ1) is 15.4. The van der Waals surface area contributed by atoms with E-state index in [4.69, 9.17) is 4.74 Å². The molecule has 4 rings (SSSR count). The Kier molecular flexibility index (Phi) is 7.16. The molecule has 32 heavy (non-hydrogen) atoms. The molecule has 2 N–H and O–H groups in total. The van der Waals surface area contributed by atoms with Gasteiger partial charge < -0.3 is 10.1 Å². The van der Waals surface area contributed by atoms with Crippen molar-refractivity contribution in [3.8, 4) is 5.75 Å². The van der Waals surface area contributed by atoms with Crippen molar-refractivity contribution in [2.24, 2.45) is 0 Å². The minimum atomic E-state index is -3.56. The van der Waals surface area contributed by atoms with Gasteiger partial charge in [-0.1, -0.05) is 43.5 Å². The van der Waals surface area contributed by atoms with E-state index in [2.05, 4.69) is 22.2 Å². The van der Waals surface area contributed by atoms with Gasteiger partial charge in [0.25, 0.3) is 5.91 Å². The highest BCUT2D eigenvalue weighted by Crippen LogP contribution is 2.29. The van der Waals surface area contributed by atoms with Gasteiger partial charge in [-0.25, -0.2) is 13.1 Å². The molecule has 0 aliphatic heterocycles. The Morgan fingerprint density at radius 3 is 2.59 bits per heavy atom. The molecule has 1 amide bonds. The fraction of sp³-hybridized carbons (Fsp3) is 0.480. The number of aryl methyl sites for hydroxylation is 2. The molecule has 172 valence electrons. The zero-order valence-electron chi connectivity index (χ0n) is 18.6. The molecule has 0 unspecified atom stereocenters. The van der Waals surface area contributed by atoms with Crippen molar-refractivity contribution in [2.75, 3.05) is 6.61 Å². The Labute approximate surface area is 190 Å². The summed E-state index contributed by atoms with van der Waals surface area (Å²) in [7, 11) is -3.56. The summed E-state index contributed by atoms with van der Waals surface area (Å²) < 4.78 is 34.0. The Hall–Kier alpha value is -2.38. The second-order valence-electron chi connectivity index (χ2n) is 8.88. The number of sulfonamides is 1. The topological polar surface area (TPSA) is 84.5 Å². The molecule has 1 saturated carbocycles. The molecule has 2 aromatic rings. The van der Waals surface area contributed by atoms with E-state index >= 15 is 0 Å². The van der Waals surface area contributed by atoms with Gasteiger partial charge in [-0.3, -0.25) is 4.79 Å². The van der Waals surface area contributed by atoms with Crippen LogP contribution in [-0.2, 0) is 21.2 Å². The van der Waals surface area contributed by atoms with Gasteiger partial charge in [0.15, 0.2) is 6.61 Å². The van der Waals surface area contributed by atoms with Crippen molar-refractivity contribution in [2.45, 2.75) is 75.3 Å². The molecule has 0 heterocycles. The van der Waals surface area contributed by atoms with E-state index in [0.29, 0.717) is 11.3 Å². The average Bonchev–Trinajstić information content (AvgIpc) is 2.79. The van der Waals surface area contributed by atoms with Crippen molar-refractivity contribution in [3.05, 3.63) is 59.2 Å². The normalized spacial score (nSPS) is 19.2. The first-order valence-corrected chi connectivity index (χ1v) is 13.0. The predicted molar refractivity (Wildman–Crippen MR) is 124 cm³/mol. The van der Waals surface area contributed by atoms with Gasteiger partial charge in [-0.2, -0.15) is 0 Å². The van der Waals surface area contributed by atoms with Gasteiger partial charge in [-0.05, 0) is 73.9 Å². The summed E-state index contributed by atoms with van der Waals surface area (Å²) in [6, 6.07) is 13.0. The molecule has 2 aliphatic carbocycles. The summed E-state index contributed by atoms with van der Waals surface area (Å²) in [5.74, 6) is 0.336. The molecule has 0 radical (unpaired) electrons. The van der Waals surface area contributed by atoms with E-state index in [0.717, 1.165) is 44.9 Å². The number of carbonyl (C=O) groups is 1. The summed E-state index contributed by atoms with van der Waals surface area (Å²) in [5.41, 5.74) is 3.16. The van der Waals surface area contributed by atoms with Crippen LogP contribution in [0.2, 0.25) is 0 Å². The van der Waals surface area contributed by atoms with Gasteiger partial charge >= 0.3 is 0 Å². The van der Waals surface area contributed by atoms with Crippen LogP contribution in [-0.4, -0.2) is 27.0 Å². The lowest BCUT2D eigenvalue weighted by atomic mass is 9.88. The summed E-state index contributed by atoms with van der Waals surface area (Å²) in [6.07, 6.45) is 8.09. The number of rotatable bonds is 7. The van der Waals surface area contributed by atoms with Crippen LogP contribution < -0.4 is 14.8 Å². The molecule has 2 aromatic carbocycles. The van der Waals surface area contributed by atoms with E-state index in [1.807, 2.05) is 12.1 Å². The lowest BCUT2D eigenvalue weighted by Crippen LogP contribution is -2.36. The summed E-state index contributed by atoms with van der Waals surface area (Å²) in [5, 5.41) is 3.08. The summed E-state index contributed by atoms with van der Waals surface area (Å²) in [6.45, 7) is 1.69. The van der Waals surface area contributed by atoms with Crippen molar-refractivity contribution >= 4 is 15.9 Å². The molecule has 1 fully saturated rings. The Morgan fingerprint density at radius 2 is 1.81 bits per heavy atom. The predicted octanol–water partition coefficient (Wildman–Crippen LogP) is 4.18. The Morgan fingerprint density at radius 1 is 1.03 bits per heavy atom. The number of hydrogen-bond donors (Lipinski definition) is 2. The van der Waals surface area contributed by atoms with Crippen molar-refractivity contribution in [1.29, 1.82) is 0 Å². The second kappa shape index (κ2) is 10.0. The first kappa shape index (κ1) is 22.8. The third kappa shape index (κ3) is 5.51. The quantitative estimate of drug-likeness (QED) is 0.655. The van der Waals surface area contributed by atoms with Gasteiger partial charge in [0.2, 0.25) is 10.0 Å². The zero-order chi connectivity index (χ0) is 22.6. The maximum atomic E-state index is 12.7. The van der Waals surface area contributed by atoms with E-state index < -0.39 is 10.0 Å². The highest BCUT2D eigenvalue weighted by atomic mass is 32.2. The lowest BCUT2D eigenvalue weighted by molar-refractivity contribution is -0.124. The third-order valence-corrected chi connectivity index (χ3v) is 7.97. The van der Waals surface area contributed by atoms with Crippen LogP contribution >= 0.6 is 0 Å². The fourth-order valence-corrected chi connectivity index (χ4v) is 6.13. The minimum absolute atomic E-state index is 0.00975. The number of carbonyl (C=O) groups excluding carboxylic acids is 1. The minimum Gasteiger partial charge on any atom is -0.484 e. The van der Waals surface area contributed by atoms with Crippen LogP contribution in [0.3, 0.4) is 0 Å². The van der Waals surface area contributed by atoms with E-state index in [9.17, 15) is 13.2 Å². The average molecular weight is 457 g/mol. The summed E-state index contributed by atoms with van der Waals surface area (Å²) >= 11 is 0. The first-order valence-electron chi connectivity index (χ1n) is 11.6. The number of amides is 1. The highest BCUT2D eigenvalue weighted by molar-refractivity contribution is 7.89. The molecule has 7 heteroatoms. The highest BCUT2D eigenvalue weighted by Gasteiger charge is 2.23. The zero-order valence-corrected chi connectivity index (χ0v) is 19.4. The van der Waals surface area contributed by atoms with E-state index in [1.165, 1.54) is 17.5 Å². The third-order valence-electron chi connectivity index (χ3n) is 6.45. The number of ether oxygens (including phenoxy) is 1. The molecule has 2 aliphatic rings. The standard InChI is InChI=1S/C25H32N2O4S/c1-18-16-21(32(29,30)27-20-10-3-2-4-11-20)14-15-24(18)31-17-25(28)26-23-13-7-9-19-8-5-6-12-22(19)23/h5-6,8,12,14-16,20,23,27H,2-4,7,9-11,13,17H2,1H3,(H,26,28)/t23-/m0/s1. The van der Waals surface area contributed by atoms with Crippen molar-refractivity contribution in [1.82, 2.24) is 10.0 Å². The fourth-order valence-electron chi connectivity index (χ4n) is 4.74. The summed E-state index contributed by atoms with van der Waals surface area (Å²) in [4.78, 5) is 12.7. The van der Waals surface area contributed by atoms with Crippen LogP contribution in [0, 0.1) is 6.92 Å². The molecular weight excluding hydrogens is 424 g/mol. The lowest BCUT2D eigenvalue weighted by Gasteiger charge is -2.26. The van der Waals surface area contributed by atoms with Gasteiger partial charge in [0.05, 0.1) is 10.9 Å². The smallest absolute Gasteiger partial charge is 0.258 e. The molecule has 0 spiro atoms. The number of hydrogen-bond acceptors (Lipinski definition) is 4. The Bertz CT molecular complexity index is 1060. The Balaban J connectivity index is 1.34. The second-order valence-corrected chi connectivity index (χ2v) is 10.6. The van der Waals surface area contributed by atoms with Crippen LogP contribution in [0.1, 0.15) is 67.7 Å². The van der Waals surface area contributed by atoms with Crippen LogP contribution in [0.25, 0.3) is 0 Å². The van der Waals surface area contributed by atoms with Crippen LogP contribution in [0.15, 0.2) is 47.4 Å². The van der Waals surface area contributed by atoms with E-state index in [-0.39, 0.29) is 29.5 Å². The number of nitrogens with one attached hydrogen (secondary N) is 2. The molecular formula is C25H32N2O4S. The van der Waals surface area contributed by atoms with Crippen molar-refractivity contribution in [3.63, 3.8) is 0 Å². The van der Waals surface area contributed by atoms with Crippen LogP contribution in [0.4, 0.5) is 0 Å². The van der Waals surface area contributed by atoms with Gasteiger partial charge in [-0.15, -0.1) is 0 Å².